The standard InChI is InChI=1S/C15H20BrNO2/c1-15(2,3)14(18)17-9-8-13(10-17)19-12-6-4-11(16)5-7-12/h4-7,13H,8-10H2,1-3H3. The second-order valence-corrected chi connectivity index (χ2v) is 6.90. The van der Waals surface area contributed by atoms with E-state index in [0.29, 0.717) is 6.54 Å². The number of carbonyl (C=O) groups excluding carboxylic acids is 1. The molecule has 4 heteroatoms. The van der Waals surface area contributed by atoms with E-state index in [4.69, 9.17) is 4.74 Å². The van der Waals surface area contributed by atoms with Crippen molar-refractivity contribution < 1.29 is 9.53 Å². The van der Waals surface area contributed by atoms with Crippen molar-refractivity contribution in [3.63, 3.8) is 0 Å². The molecule has 1 unspecified atom stereocenters. The molecule has 0 aliphatic carbocycles. The Morgan fingerprint density at radius 1 is 1.32 bits per heavy atom. The minimum atomic E-state index is -0.313. The van der Waals surface area contributed by atoms with Gasteiger partial charge in [-0.3, -0.25) is 4.79 Å². The van der Waals surface area contributed by atoms with Crippen LogP contribution in [0.25, 0.3) is 0 Å². The third-order valence-electron chi connectivity index (χ3n) is 3.19. The molecule has 1 atom stereocenters. The van der Waals surface area contributed by atoms with Gasteiger partial charge in [-0.15, -0.1) is 0 Å². The van der Waals surface area contributed by atoms with E-state index in [9.17, 15) is 4.79 Å². The summed E-state index contributed by atoms with van der Waals surface area (Å²) in [6.45, 7) is 7.35. The third-order valence-corrected chi connectivity index (χ3v) is 3.72. The highest BCUT2D eigenvalue weighted by Gasteiger charge is 2.33. The molecule has 0 saturated carbocycles. The molecule has 0 spiro atoms. The van der Waals surface area contributed by atoms with Crippen LogP contribution in [0.1, 0.15) is 27.2 Å². The molecule has 0 aromatic heterocycles. The number of nitrogens with zero attached hydrogens (tertiary/aromatic N) is 1. The number of hydrogen-bond donors (Lipinski definition) is 0. The van der Waals surface area contributed by atoms with Gasteiger partial charge in [-0.25, -0.2) is 0 Å². The number of ether oxygens (including phenoxy) is 1. The van der Waals surface area contributed by atoms with Gasteiger partial charge in [0.2, 0.25) is 5.91 Å². The first-order valence-corrected chi connectivity index (χ1v) is 7.37. The molecule has 0 radical (unpaired) electrons. The molecule has 2 rings (SSSR count). The SMILES string of the molecule is CC(C)(C)C(=O)N1CCC(Oc2ccc(Br)cc2)C1. The number of likely N-dealkylation sites (tertiary alicyclic amines) is 1. The Hall–Kier alpha value is -1.03. The summed E-state index contributed by atoms with van der Waals surface area (Å²) < 4.78 is 6.95. The fraction of sp³-hybridized carbons (Fsp3) is 0.533. The quantitative estimate of drug-likeness (QED) is 0.833. The molecular weight excluding hydrogens is 306 g/mol. The molecule has 104 valence electrons. The number of amides is 1. The normalized spacial score (nSPS) is 19.6. The van der Waals surface area contributed by atoms with Crippen molar-refractivity contribution in [2.24, 2.45) is 5.41 Å². The van der Waals surface area contributed by atoms with Crippen LogP contribution < -0.4 is 4.74 Å². The van der Waals surface area contributed by atoms with E-state index in [2.05, 4.69) is 15.9 Å². The molecule has 19 heavy (non-hydrogen) atoms. The molecular formula is C15H20BrNO2. The zero-order valence-corrected chi connectivity index (χ0v) is 13.2. The third kappa shape index (κ3) is 3.72. The highest BCUT2D eigenvalue weighted by atomic mass is 79.9. The zero-order valence-electron chi connectivity index (χ0n) is 11.6. The maximum Gasteiger partial charge on any atom is 0.228 e. The van der Waals surface area contributed by atoms with E-state index in [1.54, 1.807) is 0 Å². The molecule has 1 fully saturated rings. The smallest absolute Gasteiger partial charge is 0.228 e. The van der Waals surface area contributed by atoms with Crippen molar-refractivity contribution in [3.8, 4) is 5.75 Å². The average Bonchev–Trinajstić information content (AvgIpc) is 2.78. The van der Waals surface area contributed by atoms with Gasteiger partial charge in [-0.05, 0) is 24.3 Å². The van der Waals surface area contributed by atoms with Crippen LogP contribution in [-0.4, -0.2) is 30.0 Å². The summed E-state index contributed by atoms with van der Waals surface area (Å²) >= 11 is 3.40. The Bertz CT molecular complexity index is 450. The van der Waals surface area contributed by atoms with Crippen molar-refractivity contribution >= 4 is 21.8 Å². The summed E-state index contributed by atoms with van der Waals surface area (Å²) in [6.07, 6.45) is 1.00. The molecule has 1 saturated heterocycles. The largest absolute Gasteiger partial charge is 0.489 e. The molecule has 1 heterocycles. The lowest BCUT2D eigenvalue weighted by molar-refractivity contribution is -0.138. The topological polar surface area (TPSA) is 29.5 Å². The van der Waals surface area contributed by atoms with E-state index < -0.39 is 0 Å². The fourth-order valence-corrected chi connectivity index (χ4v) is 2.45. The van der Waals surface area contributed by atoms with Crippen molar-refractivity contribution in [3.05, 3.63) is 28.7 Å². The molecule has 1 aromatic rings. The lowest BCUT2D eigenvalue weighted by Gasteiger charge is -2.25. The van der Waals surface area contributed by atoms with Gasteiger partial charge < -0.3 is 9.64 Å². The van der Waals surface area contributed by atoms with Crippen LogP contribution >= 0.6 is 15.9 Å². The first-order valence-electron chi connectivity index (χ1n) is 6.58. The molecule has 1 aliphatic heterocycles. The van der Waals surface area contributed by atoms with Crippen LogP contribution in [-0.2, 0) is 4.79 Å². The second kappa shape index (κ2) is 5.53. The molecule has 1 amide bonds. The van der Waals surface area contributed by atoms with E-state index >= 15 is 0 Å². The molecule has 1 aliphatic rings. The fourth-order valence-electron chi connectivity index (χ4n) is 2.19. The highest BCUT2D eigenvalue weighted by Crippen LogP contribution is 2.24. The number of rotatable bonds is 2. The highest BCUT2D eigenvalue weighted by molar-refractivity contribution is 9.10. The van der Waals surface area contributed by atoms with Crippen molar-refractivity contribution in [1.29, 1.82) is 0 Å². The minimum Gasteiger partial charge on any atom is -0.489 e. The van der Waals surface area contributed by atoms with Crippen LogP contribution in [0.2, 0.25) is 0 Å². The number of hydrogen-bond acceptors (Lipinski definition) is 2. The summed E-state index contributed by atoms with van der Waals surface area (Å²) in [5, 5.41) is 0. The monoisotopic (exact) mass is 325 g/mol. The minimum absolute atomic E-state index is 0.104. The maximum atomic E-state index is 12.2. The number of halogens is 1. The molecule has 1 aromatic carbocycles. The van der Waals surface area contributed by atoms with E-state index in [1.165, 1.54) is 0 Å². The Morgan fingerprint density at radius 2 is 1.95 bits per heavy atom. The molecule has 0 bridgehead atoms. The summed E-state index contributed by atoms with van der Waals surface area (Å²) in [4.78, 5) is 14.1. The first kappa shape index (κ1) is 14.4. The van der Waals surface area contributed by atoms with Gasteiger partial charge in [0.05, 0.1) is 6.54 Å². The van der Waals surface area contributed by atoms with Gasteiger partial charge in [0.25, 0.3) is 0 Å². The summed E-state index contributed by atoms with van der Waals surface area (Å²) in [6, 6.07) is 7.81. The maximum absolute atomic E-state index is 12.2. The number of carbonyl (C=O) groups is 1. The van der Waals surface area contributed by atoms with Crippen LogP contribution in [0.3, 0.4) is 0 Å². The summed E-state index contributed by atoms with van der Waals surface area (Å²) in [7, 11) is 0. The van der Waals surface area contributed by atoms with Gasteiger partial charge in [0, 0.05) is 22.9 Å². The van der Waals surface area contributed by atoms with Crippen LogP contribution in [0.5, 0.6) is 5.75 Å². The van der Waals surface area contributed by atoms with Gasteiger partial charge in [-0.1, -0.05) is 36.7 Å². The van der Waals surface area contributed by atoms with E-state index in [0.717, 1.165) is 23.2 Å². The first-order chi connectivity index (χ1) is 8.86. The lowest BCUT2D eigenvalue weighted by atomic mass is 9.95. The Kier molecular flexibility index (Phi) is 4.19. The van der Waals surface area contributed by atoms with Gasteiger partial charge in [0.15, 0.2) is 0 Å². The second-order valence-electron chi connectivity index (χ2n) is 5.98. The Balaban J connectivity index is 1.92. The van der Waals surface area contributed by atoms with Gasteiger partial charge in [-0.2, -0.15) is 0 Å². The van der Waals surface area contributed by atoms with Crippen molar-refractivity contribution in [1.82, 2.24) is 4.90 Å². The van der Waals surface area contributed by atoms with Crippen LogP contribution in [0, 0.1) is 5.41 Å². The van der Waals surface area contributed by atoms with Crippen molar-refractivity contribution in [2.75, 3.05) is 13.1 Å². The summed E-state index contributed by atoms with van der Waals surface area (Å²) in [5.41, 5.74) is -0.313. The van der Waals surface area contributed by atoms with Gasteiger partial charge >= 0.3 is 0 Å². The molecule has 0 N–H and O–H groups in total. The van der Waals surface area contributed by atoms with E-state index in [-0.39, 0.29) is 17.4 Å². The predicted octanol–water partition coefficient (Wildman–Crippen LogP) is 3.47. The predicted molar refractivity (Wildman–Crippen MR) is 79.2 cm³/mol. The van der Waals surface area contributed by atoms with Crippen LogP contribution in [0.15, 0.2) is 28.7 Å². The number of benzene rings is 1. The lowest BCUT2D eigenvalue weighted by Crippen LogP contribution is -2.38. The molecule has 3 nitrogen and oxygen atoms in total. The zero-order chi connectivity index (χ0) is 14.0. The Labute approximate surface area is 123 Å². The van der Waals surface area contributed by atoms with E-state index in [1.807, 2.05) is 49.9 Å². The average molecular weight is 326 g/mol. The van der Waals surface area contributed by atoms with Crippen molar-refractivity contribution in [2.45, 2.75) is 33.3 Å². The van der Waals surface area contributed by atoms with Gasteiger partial charge in [0.1, 0.15) is 11.9 Å². The van der Waals surface area contributed by atoms with Crippen LogP contribution in [0.4, 0.5) is 0 Å². The Morgan fingerprint density at radius 3 is 2.53 bits per heavy atom. The summed E-state index contributed by atoms with van der Waals surface area (Å²) in [5.74, 6) is 1.06.